The summed E-state index contributed by atoms with van der Waals surface area (Å²) < 4.78 is 13.0. The normalized spacial score (nSPS) is 11.1. The molecule has 1 nitrogen and oxygen atoms in total. The van der Waals surface area contributed by atoms with E-state index in [1.54, 1.807) is 25.1 Å². The molecule has 14 heavy (non-hydrogen) atoms. The third kappa shape index (κ3) is 2.56. The maximum absolute atomic E-state index is 13.0. The van der Waals surface area contributed by atoms with Crippen LogP contribution in [0.4, 0.5) is 4.39 Å². The van der Waals surface area contributed by atoms with Gasteiger partial charge in [0, 0.05) is 12.2 Å². The van der Waals surface area contributed by atoms with Crippen molar-refractivity contribution in [1.29, 1.82) is 0 Å². The van der Waals surface area contributed by atoms with Gasteiger partial charge in [-0.3, -0.25) is 0 Å². The number of hydrogen-bond donors (Lipinski definition) is 1. The fraction of sp³-hybridized carbons (Fsp3) is 0.273. The number of aliphatic hydroxyl groups excluding tert-OH is 1. The Labute approximate surface area is 87.8 Å². The molecule has 0 aliphatic carbocycles. The van der Waals surface area contributed by atoms with Gasteiger partial charge < -0.3 is 5.11 Å². The standard InChI is InChI=1S/C11H12ClFO/c1-8-10(13)6-5-9(11(8)12)4-2-3-7-14/h2,4-6,14H,3,7H2,1H3. The van der Waals surface area contributed by atoms with Crippen LogP contribution in [0.25, 0.3) is 6.08 Å². The molecule has 3 heteroatoms. The van der Waals surface area contributed by atoms with Gasteiger partial charge in [-0.05, 0) is 25.0 Å². The van der Waals surface area contributed by atoms with Gasteiger partial charge in [-0.25, -0.2) is 4.39 Å². The molecule has 0 amide bonds. The van der Waals surface area contributed by atoms with Crippen molar-refractivity contribution >= 4 is 17.7 Å². The van der Waals surface area contributed by atoms with Crippen LogP contribution in [0.2, 0.25) is 5.02 Å². The summed E-state index contributed by atoms with van der Waals surface area (Å²) in [7, 11) is 0. The van der Waals surface area contributed by atoms with Gasteiger partial charge in [0.1, 0.15) is 5.82 Å². The van der Waals surface area contributed by atoms with Crippen molar-refractivity contribution in [2.75, 3.05) is 6.61 Å². The van der Waals surface area contributed by atoms with Crippen LogP contribution in [0.1, 0.15) is 17.5 Å². The quantitative estimate of drug-likeness (QED) is 0.820. The highest BCUT2D eigenvalue weighted by Gasteiger charge is 2.04. The van der Waals surface area contributed by atoms with E-state index >= 15 is 0 Å². The highest BCUT2D eigenvalue weighted by molar-refractivity contribution is 6.32. The fourth-order valence-corrected chi connectivity index (χ4v) is 1.31. The molecule has 0 aromatic heterocycles. The summed E-state index contributed by atoms with van der Waals surface area (Å²) in [5.41, 5.74) is 1.23. The van der Waals surface area contributed by atoms with Gasteiger partial charge in [0.25, 0.3) is 0 Å². The summed E-state index contributed by atoms with van der Waals surface area (Å²) in [5.74, 6) is -0.297. The third-order valence-corrected chi connectivity index (χ3v) is 2.45. The van der Waals surface area contributed by atoms with Crippen LogP contribution < -0.4 is 0 Å². The molecule has 1 aromatic carbocycles. The summed E-state index contributed by atoms with van der Waals surface area (Å²) in [5, 5.41) is 9.00. The lowest BCUT2D eigenvalue weighted by atomic mass is 10.1. The van der Waals surface area contributed by atoms with Crippen LogP contribution in [-0.2, 0) is 0 Å². The minimum atomic E-state index is -0.297. The first-order valence-electron chi connectivity index (χ1n) is 4.39. The van der Waals surface area contributed by atoms with Crippen LogP contribution in [0.15, 0.2) is 18.2 Å². The Bertz CT molecular complexity index is 347. The van der Waals surface area contributed by atoms with E-state index in [9.17, 15) is 4.39 Å². The topological polar surface area (TPSA) is 20.2 Å². The summed E-state index contributed by atoms with van der Waals surface area (Å²) in [6, 6.07) is 3.01. The van der Waals surface area contributed by atoms with Crippen LogP contribution in [0, 0.1) is 12.7 Å². The molecular formula is C11H12ClFO. The van der Waals surface area contributed by atoms with Gasteiger partial charge in [-0.1, -0.05) is 29.8 Å². The molecule has 0 unspecified atom stereocenters. The summed E-state index contributed by atoms with van der Waals surface area (Å²) in [6.45, 7) is 1.75. The van der Waals surface area contributed by atoms with E-state index in [-0.39, 0.29) is 12.4 Å². The molecule has 1 aromatic rings. The molecular weight excluding hydrogens is 203 g/mol. The lowest BCUT2D eigenvalue weighted by molar-refractivity contribution is 0.303. The second-order valence-electron chi connectivity index (χ2n) is 2.99. The molecule has 0 saturated carbocycles. The van der Waals surface area contributed by atoms with Crippen LogP contribution in [0.3, 0.4) is 0 Å². The largest absolute Gasteiger partial charge is 0.396 e. The van der Waals surface area contributed by atoms with E-state index in [4.69, 9.17) is 16.7 Å². The van der Waals surface area contributed by atoms with Crippen molar-refractivity contribution in [3.8, 4) is 0 Å². The Kier molecular flexibility index (Phi) is 4.11. The minimum absolute atomic E-state index is 0.105. The summed E-state index contributed by atoms with van der Waals surface area (Å²) >= 11 is 5.92. The SMILES string of the molecule is Cc1c(F)ccc(C=CCCO)c1Cl. The first-order valence-corrected chi connectivity index (χ1v) is 4.76. The summed E-state index contributed by atoms with van der Waals surface area (Å²) in [6.07, 6.45) is 4.16. The van der Waals surface area contributed by atoms with Crippen molar-refractivity contribution in [1.82, 2.24) is 0 Å². The van der Waals surface area contributed by atoms with Crippen LogP contribution in [0.5, 0.6) is 0 Å². The van der Waals surface area contributed by atoms with Crippen molar-refractivity contribution in [3.05, 3.63) is 40.2 Å². The molecule has 1 rings (SSSR count). The molecule has 0 aliphatic heterocycles. The van der Waals surface area contributed by atoms with Gasteiger partial charge in [-0.15, -0.1) is 0 Å². The van der Waals surface area contributed by atoms with Crippen molar-refractivity contribution in [2.24, 2.45) is 0 Å². The van der Waals surface area contributed by atoms with E-state index in [2.05, 4.69) is 0 Å². The van der Waals surface area contributed by atoms with Gasteiger partial charge in [0.15, 0.2) is 0 Å². The van der Waals surface area contributed by atoms with Gasteiger partial charge in [0.05, 0.1) is 5.02 Å². The predicted octanol–water partition coefficient (Wildman–Crippen LogP) is 3.18. The minimum Gasteiger partial charge on any atom is -0.396 e. The molecule has 0 atom stereocenters. The zero-order valence-electron chi connectivity index (χ0n) is 7.93. The van der Waals surface area contributed by atoms with Gasteiger partial charge in [-0.2, -0.15) is 0 Å². The molecule has 0 spiro atoms. The molecule has 0 aliphatic rings. The Morgan fingerprint density at radius 2 is 2.21 bits per heavy atom. The smallest absolute Gasteiger partial charge is 0.127 e. The van der Waals surface area contributed by atoms with Crippen molar-refractivity contribution < 1.29 is 9.50 Å². The van der Waals surface area contributed by atoms with E-state index in [1.165, 1.54) is 6.07 Å². The first kappa shape index (κ1) is 11.2. The van der Waals surface area contributed by atoms with E-state index < -0.39 is 0 Å². The van der Waals surface area contributed by atoms with E-state index in [1.807, 2.05) is 0 Å². The van der Waals surface area contributed by atoms with Crippen molar-refractivity contribution in [3.63, 3.8) is 0 Å². The van der Waals surface area contributed by atoms with E-state index in [0.717, 1.165) is 5.56 Å². The third-order valence-electron chi connectivity index (χ3n) is 1.94. The average molecular weight is 215 g/mol. The molecule has 0 heterocycles. The number of hydrogen-bond acceptors (Lipinski definition) is 1. The number of benzene rings is 1. The summed E-state index contributed by atoms with van der Waals surface area (Å²) in [4.78, 5) is 0. The van der Waals surface area contributed by atoms with Gasteiger partial charge >= 0.3 is 0 Å². The van der Waals surface area contributed by atoms with Crippen LogP contribution in [-0.4, -0.2) is 11.7 Å². The highest BCUT2D eigenvalue weighted by Crippen LogP contribution is 2.24. The molecule has 0 fully saturated rings. The Balaban J connectivity index is 2.94. The molecule has 1 N–H and O–H groups in total. The second-order valence-corrected chi connectivity index (χ2v) is 3.37. The molecule has 0 radical (unpaired) electrons. The van der Waals surface area contributed by atoms with Crippen LogP contribution >= 0.6 is 11.6 Å². The predicted molar refractivity (Wildman–Crippen MR) is 56.9 cm³/mol. The maximum atomic E-state index is 13.0. The fourth-order valence-electron chi connectivity index (χ4n) is 1.10. The lowest BCUT2D eigenvalue weighted by Gasteiger charge is -2.03. The lowest BCUT2D eigenvalue weighted by Crippen LogP contribution is -1.86. The average Bonchev–Trinajstić information content (AvgIpc) is 2.18. The molecule has 0 saturated heterocycles. The second kappa shape index (κ2) is 5.13. The zero-order valence-corrected chi connectivity index (χ0v) is 8.68. The molecule has 76 valence electrons. The monoisotopic (exact) mass is 214 g/mol. The Morgan fingerprint density at radius 1 is 1.50 bits per heavy atom. The highest BCUT2D eigenvalue weighted by atomic mass is 35.5. The number of halogens is 2. The van der Waals surface area contributed by atoms with E-state index in [0.29, 0.717) is 17.0 Å². The first-order chi connectivity index (χ1) is 6.66. The zero-order chi connectivity index (χ0) is 10.6. The van der Waals surface area contributed by atoms with Gasteiger partial charge in [0.2, 0.25) is 0 Å². The Hall–Kier alpha value is -0.860. The van der Waals surface area contributed by atoms with Crippen molar-refractivity contribution in [2.45, 2.75) is 13.3 Å². The number of aliphatic hydroxyl groups is 1. The maximum Gasteiger partial charge on any atom is 0.127 e. The number of rotatable bonds is 3. The Morgan fingerprint density at radius 3 is 2.86 bits per heavy atom. The molecule has 0 bridgehead atoms.